The predicted molar refractivity (Wildman–Crippen MR) is 67.6 cm³/mol. The molecule has 0 spiro atoms. The van der Waals surface area contributed by atoms with E-state index in [4.69, 9.17) is 0 Å². The SMILES string of the molecule is O[C@H]1CCN(Cc2cccc3cccnc23)C1. The maximum atomic E-state index is 9.53. The van der Waals surface area contributed by atoms with Crippen molar-refractivity contribution in [2.45, 2.75) is 19.1 Å². The number of hydrogen-bond donors (Lipinski definition) is 1. The third-order valence-corrected chi connectivity index (χ3v) is 3.36. The molecule has 1 aliphatic rings. The highest BCUT2D eigenvalue weighted by Gasteiger charge is 2.20. The van der Waals surface area contributed by atoms with Gasteiger partial charge in [0.15, 0.2) is 0 Å². The molecule has 1 aromatic heterocycles. The van der Waals surface area contributed by atoms with Crippen LogP contribution in [0.4, 0.5) is 0 Å². The molecular weight excluding hydrogens is 212 g/mol. The zero-order valence-electron chi connectivity index (χ0n) is 9.71. The van der Waals surface area contributed by atoms with E-state index in [1.54, 1.807) is 0 Å². The number of hydrogen-bond acceptors (Lipinski definition) is 3. The van der Waals surface area contributed by atoms with Gasteiger partial charge in [-0.15, -0.1) is 0 Å². The Morgan fingerprint density at radius 3 is 3.00 bits per heavy atom. The molecule has 1 N–H and O–H groups in total. The molecule has 0 unspecified atom stereocenters. The second kappa shape index (κ2) is 4.43. The van der Waals surface area contributed by atoms with Gasteiger partial charge < -0.3 is 5.11 Å². The van der Waals surface area contributed by atoms with Crippen molar-refractivity contribution >= 4 is 10.9 Å². The second-order valence-electron chi connectivity index (χ2n) is 4.67. The van der Waals surface area contributed by atoms with E-state index in [2.05, 4.69) is 34.1 Å². The number of fused-ring (bicyclic) bond motifs is 1. The Kier molecular flexibility index (Phi) is 2.79. The molecule has 0 amide bonds. The smallest absolute Gasteiger partial charge is 0.0746 e. The molecule has 0 saturated carbocycles. The molecule has 3 nitrogen and oxygen atoms in total. The fourth-order valence-electron chi connectivity index (χ4n) is 2.49. The Bertz CT molecular complexity index is 521. The van der Waals surface area contributed by atoms with Crippen LogP contribution in [0.1, 0.15) is 12.0 Å². The molecule has 1 saturated heterocycles. The molecule has 0 bridgehead atoms. The van der Waals surface area contributed by atoms with Crippen LogP contribution in [-0.4, -0.2) is 34.2 Å². The summed E-state index contributed by atoms with van der Waals surface area (Å²) in [6.07, 6.45) is 2.57. The van der Waals surface area contributed by atoms with Crippen LogP contribution in [0.15, 0.2) is 36.5 Å². The highest BCUT2D eigenvalue weighted by atomic mass is 16.3. The fourth-order valence-corrected chi connectivity index (χ4v) is 2.49. The van der Waals surface area contributed by atoms with E-state index in [9.17, 15) is 5.11 Å². The van der Waals surface area contributed by atoms with Crippen molar-refractivity contribution in [2.24, 2.45) is 0 Å². The van der Waals surface area contributed by atoms with Crippen molar-refractivity contribution in [1.82, 2.24) is 9.88 Å². The van der Waals surface area contributed by atoms with Crippen LogP contribution in [0.5, 0.6) is 0 Å². The van der Waals surface area contributed by atoms with E-state index in [0.29, 0.717) is 0 Å². The van der Waals surface area contributed by atoms with Crippen LogP contribution < -0.4 is 0 Å². The maximum Gasteiger partial charge on any atom is 0.0746 e. The third-order valence-electron chi connectivity index (χ3n) is 3.36. The molecule has 2 aromatic rings. The summed E-state index contributed by atoms with van der Waals surface area (Å²) in [5.74, 6) is 0. The van der Waals surface area contributed by atoms with Gasteiger partial charge in [-0.25, -0.2) is 0 Å². The van der Waals surface area contributed by atoms with Crippen LogP contribution in [-0.2, 0) is 6.54 Å². The lowest BCUT2D eigenvalue weighted by Gasteiger charge is -2.15. The molecule has 3 heteroatoms. The highest BCUT2D eigenvalue weighted by Crippen LogP contribution is 2.19. The highest BCUT2D eigenvalue weighted by molar-refractivity contribution is 5.81. The minimum absolute atomic E-state index is 0.155. The zero-order valence-corrected chi connectivity index (χ0v) is 9.71. The Labute approximate surface area is 101 Å². The van der Waals surface area contributed by atoms with Crippen LogP contribution >= 0.6 is 0 Å². The lowest BCUT2D eigenvalue weighted by atomic mass is 10.1. The zero-order chi connectivity index (χ0) is 11.7. The van der Waals surface area contributed by atoms with E-state index >= 15 is 0 Å². The Morgan fingerprint density at radius 2 is 2.18 bits per heavy atom. The summed E-state index contributed by atoms with van der Waals surface area (Å²) < 4.78 is 0. The van der Waals surface area contributed by atoms with Gasteiger partial charge in [-0.2, -0.15) is 0 Å². The molecule has 3 rings (SSSR count). The number of likely N-dealkylation sites (tertiary alicyclic amines) is 1. The summed E-state index contributed by atoms with van der Waals surface area (Å²) in [4.78, 5) is 6.74. The van der Waals surface area contributed by atoms with E-state index in [0.717, 1.165) is 31.6 Å². The van der Waals surface area contributed by atoms with E-state index < -0.39 is 0 Å². The first-order valence-corrected chi connectivity index (χ1v) is 6.06. The molecular formula is C14H16N2O. The minimum atomic E-state index is -0.155. The van der Waals surface area contributed by atoms with Crippen molar-refractivity contribution in [3.63, 3.8) is 0 Å². The van der Waals surface area contributed by atoms with Gasteiger partial charge in [0, 0.05) is 31.2 Å². The average molecular weight is 228 g/mol. The van der Waals surface area contributed by atoms with Gasteiger partial charge in [-0.3, -0.25) is 9.88 Å². The van der Waals surface area contributed by atoms with E-state index in [-0.39, 0.29) is 6.10 Å². The second-order valence-corrected chi connectivity index (χ2v) is 4.67. The predicted octanol–water partition coefficient (Wildman–Crippen LogP) is 1.80. The number of para-hydroxylation sites is 1. The van der Waals surface area contributed by atoms with Crippen LogP contribution in [0.25, 0.3) is 10.9 Å². The monoisotopic (exact) mass is 228 g/mol. The van der Waals surface area contributed by atoms with Gasteiger partial charge in [-0.1, -0.05) is 24.3 Å². The van der Waals surface area contributed by atoms with Gasteiger partial charge in [0.2, 0.25) is 0 Å². The molecule has 17 heavy (non-hydrogen) atoms. The van der Waals surface area contributed by atoms with Gasteiger partial charge >= 0.3 is 0 Å². The number of aromatic nitrogens is 1. The molecule has 88 valence electrons. The largest absolute Gasteiger partial charge is 0.392 e. The third kappa shape index (κ3) is 2.16. The number of β-amino-alcohol motifs (C(OH)–C–C–N with tert-alkyl or cyclic N) is 1. The standard InChI is InChI=1S/C14H16N2O/c17-13-6-8-16(10-13)9-12-4-1-3-11-5-2-7-15-14(11)12/h1-5,7,13,17H,6,8-10H2/t13-/m0/s1. The van der Waals surface area contributed by atoms with Crippen LogP contribution in [0.2, 0.25) is 0 Å². The number of aliphatic hydroxyl groups excluding tert-OH is 1. The first kappa shape index (κ1) is 10.7. The summed E-state index contributed by atoms with van der Waals surface area (Å²) in [5, 5.41) is 10.7. The van der Waals surface area contributed by atoms with Crippen molar-refractivity contribution in [2.75, 3.05) is 13.1 Å². The van der Waals surface area contributed by atoms with Crippen molar-refractivity contribution in [3.05, 3.63) is 42.1 Å². The normalized spacial score (nSPS) is 21.1. The van der Waals surface area contributed by atoms with Gasteiger partial charge in [0.25, 0.3) is 0 Å². The Balaban J connectivity index is 1.90. The number of pyridine rings is 1. The van der Waals surface area contributed by atoms with Crippen LogP contribution in [0.3, 0.4) is 0 Å². The lowest BCUT2D eigenvalue weighted by molar-refractivity contribution is 0.175. The molecule has 1 fully saturated rings. The molecule has 0 aliphatic carbocycles. The molecule has 1 atom stereocenters. The number of aliphatic hydroxyl groups is 1. The topological polar surface area (TPSA) is 36.4 Å². The van der Waals surface area contributed by atoms with E-state index in [1.807, 2.05) is 12.3 Å². The fraction of sp³-hybridized carbons (Fsp3) is 0.357. The average Bonchev–Trinajstić information content (AvgIpc) is 2.75. The van der Waals surface area contributed by atoms with Crippen LogP contribution in [0, 0.1) is 0 Å². The summed E-state index contributed by atoms with van der Waals surface area (Å²) in [6.45, 7) is 2.64. The number of benzene rings is 1. The van der Waals surface area contributed by atoms with Crippen molar-refractivity contribution in [3.8, 4) is 0 Å². The first-order valence-electron chi connectivity index (χ1n) is 6.06. The summed E-state index contributed by atoms with van der Waals surface area (Å²) >= 11 is 0. The minimum Gasteiger partial charge on any atom is -0.392 e. The van der Waals surface area contributed by atoms with Gasteiger partial charge in [0.1, 0.15) is 0 Å². The molecule has 2 heterocycles. The van der Waals surface area contributed by atoms with E-state index in [1.165, 1.54) is 10.9 Å². The number of rotatable bonds is 2. The molecule has 1 aromatic carbocycles. The molecule has 0 radical (unpaired) electrons. The Morgan fingerprint density at radius 1 is 1.29 bits per heavy atom. The maximum absolute atomic E-state index is 9.53. The quantitative estimate of drug-likeness (QED) is 0.851. The van der Waals surface area contributed by atoms with Gasteiger partial charge in [0.05, 0.1) is 11.6 Å². The van der Waals surface area contributed by atoms with Crippen molar-refractivity contribution < 1.29 is 5.11 Å². The van der Waals surface area contributed by atoms with Gasteiger partial charge in [-0.05, 0) is 18.1 Å². The summed E-state index contributed by atoms with van der Waals surface area (Å²) in [6, 6.07) is 10.3. The number of nitrogens with zero attached hydrogens (tertiary/aromatic N) is 2. The Hall–Kier alpha value is -1.45. The molecule has 1 aliphatic heterocycles. The van der Waals surface area contributed by atoms with Crippen molar-refractivity contribution in [1.29, 1.82) is 0 Å². The first-order chi connectivity index (χ1) is 8.33. The summed E-state index contributed by atoms with van der Waals surface area (Å²) in [7, 11) is 0. The summed E-state index contributed by atoms with van der Waals surface area (Å²) in [5.41, 5.74) is 2.33. The lowest BCUT2D eigenvalue weighted by Crippen LogP contribution is -2.21.